The molecule has 0 aliphatic rings. The number of carbonyl (C=O) groups is 3. The molecule has 0 saturated heterocycles. The van der Waals surface area contributed by atoms with Gasteiger partial charge >= 0.3 is 6.09 Å². The summed E-state index contributed by atoms with van der Waals surface area (Å²) in [6, 6.07) is 6.13. The van der Waals surface area contributed by atoms with Gasteiger partial charge in [0.25, 0.3) is 0 Å². The van der Waals surface area contributed by atoms with Crippen molar-refractivity contribution in [2.75, 3.05) is 6.54 Å². The molecule has 2 N–H and O–H groups in total. The maximum Gasteiger partial charge on any atom is 0.408 e. The topological polar surface area (TPSA) is 87.7 Å². The standard InChI is InChI=1S/C32H55N3O4/c1-10-13-14-15-18-22-35(30(37)27(23(4)12-3)34-31(38)39-32(7,8)9)28(26-21-17-16-20-24(26)5)29(36)33-25(6)19-11-2/h16-17,20-21,23,25,27-28H,10-15,18-19,22H2,1-9H3,(H,33,36)(H,34,38). The van der Waals surface area contributed by atoms with Crippen LogP contribution in [0.5, 0.6) is 0 Å². The normalized spacial score (nSPS) is 14.6. The summed E-state index contributed by atoms with van der Waals surface area (Å²) < 4.78 is 5.51. The predicted molar refractivity (Wildman–Crippen MR) is 160 cm³/mol. The highest BCUT2D eigenvalue weighted by Crippen LogP contribution is 2.28. The maximum absolute atomic E-state index is 14.4. The van der Waals surface area contributed by atoms with Gasteiger partial charge in [-0.1, -0.05) is 90.5 Å². The smallest absolute Gasteiger partial charge is 0.408 e. The third-order valence-electron chi connectivity index (χ3n) is 7.09. The van der Waals surface area contributed by atoms with E-state index in [1.54, 1.807) is 25.7 Å². The molecule has 0 aliphatic carbocycles. The van der Waals surface area contributed by atoms with Gasteiger partial charge in [0.05, 0.1) is 0 Å². The fraction of sp³-hybridized carbons (Fsp3) is 0.719. The summed E-state index contributed by atoms with van der Waals surface area (Å²) in [5, 5.41) is 6.01. The van der Waals surface area contributed by atoms with Crippen LogP contribution in [0.15, 0.2) is 24.3 Å². The minimum Gasteiger partial charge on any atom is -0.444 e. The van der Waals surface area contributed by atoms with Crippen molar-refractivity contribution >= 4 is 17.9 Å². The van der Waals surface area contributed by atoms with Gasteiger partial charge in [-0.05, 0) is 64.5 Å². The summed E-state index contributed by atoms with van der Waals surface area (Å²) in [5.74, 6) is -0.586. The van der Waals surface area contributed by atoms with Crippen LogP contribution in [-0.4, -0.2) is 47.0 Å². The summed E-state index contributed by atoms with van der Waals surface area (Å²) in [6.45, 7) is 18.0. The van der Waals surface area contributed by atoms with Gasteiger partial charge in [0.15, 0.2) is 0 Å². The number of hydrogen-bond acceptors (Lipinski definition) is 4. The molecule has 1 aromatic carbocycles. The number of unbranched alkanes of at least 4 members (excludes halogenated alkanes) is 4. The molecule has 7 nitrogen and oxygen atoms in total. The monoisotopic (exact) mass is 545 g/mol. The number of benzene rings is 1. The second-order valence-electron chi connectivity index (χ2n) is 11.9. The minimum absolute atomic E-state index is 0.0132. The number of amides is 3. The van der Waals surface area contributed by atoms with Crippen LogP contribution in [0.1, 0.15) is 124 Å². The molecule has 0 aromatic heterocycles. The Hall–Kier alpha value is -2.57. The first-order valence-electron chi connectivity index (χ1n) is 15.0. The molecule has 4 atom stereocenters. The maximum atomic E-state index is 14.4. The first kappa shape index (κ1) is 34.5. The Bertz CT molecular complexity index is 896. The number of nitrogens with zero attached hydrogens (tertiary/aromatic N) is 1. The summed E-state index contributed by atoms with van der Waals surface area (Å²) in [6.07, 6.45) is 6.97. The summed E-state index contributed by atoms with van der Waals surface area (Å²) in [4.78, 5) is 42.8. The Labute approximate surface area is 237 Å². The number of aryl methyl sites for hydroxylation is 1. The van der Waals surface area contributed by atoms with Crippen molar-refractivity contribution in [2.45, 2.75) is 137 Å². The Morgan fingerprint density at radius 1 is 0.923 bits per heavy atom. The van der Waals surface area contributed by atoms with Gasteiger partial charge in [-0.15, -0.1) is 0 Å². The third-order valence-corrected chi connectivity index (χ3v) is 7.09. The Morgan fingerprint density at radius 2 is 1.56 bits per heavy atom. The van der Waals surface area contributed by atoms with Crippen LogP contribution in [-0.2, 0) is 14.3 Å². The van der Waals surface area contributed by atoms with Gasteiger partial charge in [0.2, 0.25) is 11.8 Å². The highest BCUT2D eigenvalue weighted by atomic mass is 16.6. The molecular formula is C32H55N3O4. The highest BCUT2D eigenvalue weighted by Gasteiger charge is 2.38. The van der Waals surface area contributed by atoms with Crippen molar-refractivity contribution in [1.29, 1.82) is 0 Å². The van der Waals surface area contributed by atoms with Crippen LogP contribution >= 0.6 is 0 Å². The second kappa shape index (κ2) is 17.2. The molecule has 0 bridgehead atoms. The highest BCUT2D eigenvalue weighted by molar-refractivity contribution is 5.92. The van der Waals surface area contributed by atoms with E-state index in [-0.39, 0.29) is 23.8 Å². The number of alkyl carbamates (subject to hydrolysis) is 1. The molecule has 7 heteroatoms. The van der Waals surface area contributed by atoms with Crippen molar-refractivity contribution in [3.05, 3.63) is 35.4 Å². The molecule has 0 aliphatic heterocycles. The lowest BCUT2D eigenvalue weighted by Crippen LogP contribution is -2.56. The van der Waals surface area contributed by atoms with Crippen LogP contribution in [0.4, 0.5) is 4.79 Å². The molecule has 4 unspecified atom stereocenters. The van der Waals surface area contributed by atoms with Gasteiger partial charge in [-0.25, -0.2) is 4.79 Å². The van der Waals surface area contributed by atoms with E-state index in [1.807, 2.05) is 52.0 Å². The van der Waals surface area contributed by atoms with Gasteiger partial charge in [-0.3, -0.25) is 9.59 Å². The van der Waals surface area contributed by atoms with Crippen LogP contribution < -0.4 is 10.6 Å². The first-order chi connectivity index (χ1) is 18.4. The fourth-order valence-electron chi connectivity index (χ4n) is 4.72. The lowest BCUT2D eigenvalue weighted by Gasteiger charge is -2.37. The van der Waals surface area contributed by atoms with E-state index in [0.29, 0.717) is 13.0 Å². The van der Waals surface area contributed by atoms with Gasteiger partial charge in [0, 0.05) is 12.6 Å². The average Bonchev–Trinajstić information content (AvgIpc) is 2.85. The SMILES string of the molecule is CCCCCCCN(C(=O)C(NC(=O)OC(C)(C)C)C(C)CC)C(C(=O)NC(C)CCC)c1ccccc1C. The number of hydrogen-bond donors (Lipinski definition) is 2. The zero-order valence-electron chi connectivity index (χ0n) is 26.1. The van der Waals surface area contributed by atoms with E-state index in [4.69, 9.17) is 4.74 Å². The molecule has 39 heavy (non-hydrogen) atoms. The minimum atomic E-state index is -0.812. The van der Waals surface area contributed by atoms with E-state index in [2.05, 4.69) is 24.5 Å². The first-order valence-corrected chi connectivity index (χ1v) is 15.0. The lowest BCUT2D eigenvalue weighted by atomic mass is 9.94. The van der Waals surface area contributed by atoms with Crippen LogP contribution in [0.2, 0.25) is 0 Å². The fourth-order valence-corrected chi connectivity index (χ4v) is 4.72. The molecule has 0 saturated carbocycles. The zero-order chi connectivity index (χ0) is 29.6. The molecule has 1 rings (SSSR count). The number of nitrogens with one attached hydrogen (secondary N) is 2. The Kier molecular flexibility index (Phi) is 15.2. The van der Waals surface area contributed by atoms with Gasteiger partial charge in [0.1, 0.15) is 17.7 Å². The molecule has 222 valence electrons. The van der Waals surface area contributed by atoms with Crippen molar-refractivity contribution in [3.8, 4) is 0 Å². The molecule has 0 fully saturated rings. The Balaban J connectivity index is 3.53. The van der Waals surface area contributed by atoms with E-state index in [1.165, 1.54) is 0 Å². The second-order valence-corrected chi connectivity index (χ2v) is 11.9. The summed E-state index contributed by atoms with van der Waals surface area (Å²) >= 11 is 0. The largest absolute Gasteiger partial charge is 0.444 e. The summed E-state index contributed by atoms with van der Waals surface area (Å²) in [5.41, 5.74) is 1.07. The molecular weight excluding hydrogens is 490 g/mol. The number of carbonyl (C=O) groups excluding carboxylic acids is 3. The van der Waals surface area contributed by atoms with Crippen molar-refractivity contribution in [1.82, 2.24) is 15.5 Å². The van der Waals surface area contributed by atoms with Gasteiger partial charge in [-0.2, -0.15) is 0 Å². The van der Waals surface area contributed by atoms with E-state index in [9.17, 15) is 14.4 Å². The number of rotatable bonds is 16. The quantitative estimate of drug-likeness (QED) is 0.217. The Morgan fingerprint density at radius 3 is 2.13 bits per heavy atom. The van der Waals surface area contributed by atoms with Gasteiger partial charge < -0.3 is 20.3 Å². The number of ether oxygens (including phenoxy) is 1. The van der Waals surface area contributed by atoms with Crippen LogP contribution in [0.3, 0.4) is 0 Å². The van der Waals surface area contributed by atoms with Crippen molar-refractivity contribution in [3.63, 3.8) is 0 Å². The van der Waals surface area contributed by atoms with Crippen molar-refractivity contribution in [2.24, 2.45) is 5.92 Å². The van der Waals surface area contributed by atoms with E-state index >= 15 is 0 Å². The predicted octanol–water partition coefficient (Wildman–Crippen LogP) is 7.08. The molecule has 0 radical (unpaired) electrons. The van der Waals surface area contributed by atoms with Crippen LogP contribution in [0, 0.1) is 12.8 Å². The molecule has 0 heterocycles. The average molecular weight is 546 g/mol. The summed E-state index contributed by atoms with van der Waals surface area (Å²) in [7, 11) is 0. The van der Waals surface area contributed by atoms with Crippen molar-refractivity contribution < 1.29 is 19.1 Å². The lowest BCUT2D eigenvalue weighted by molar-refractivity contribution is -0.143. The molecule has 1 aromatic rings. The van der Waals surface area contributed by atoms with E-state index in [0.717, 1.165) is 56.1 Å². The molecule has 0 spiro atoms. The molecule has 3 amide bonds. The zero-order valence-corrected chi connectivity index (χ0v) is 26.1. The third kappa shape index (κ3) is 12.0. The van der Waals surface area contributed by atoms with E-state index < -0.39 is 23.8 Å². The van der Waals surface area contributed by atoms with Crippen LogP contribution in [0.25, 0.3) is 0 Å².